The molecule has 3 rings (SSSR count). The normalized spacial score (nSPS) is 33.5. The molecule has 0 amide bonds. The van der Waals surface area contributed by atoms with E-state index in [0.29, 0.717) is 29.0 Å². The molecule has 1 aromatic carbocycles. The number of carbonyl (C=O) groups is 1. The second kappa shape index (κ2) is 6.70. The molecule has 2 aliphatic carbocycles. The summed E-state index contributed by atoms with van der Waals surface area (Å²) in [4.78, 5) is 11.5. The Labute approximate surface area is 164 Å². The van der Waals surface area contributed by atoms with Gasteiger partial charge in [0.15, 0.2) is 6.29 Å². The fourth-order valence-corrected chi connectivity index (χ4v) is 6.18. The molecule has 0 heterocycles. The zero-order valence-electron chi connectivity index (χ0n) is 15.9. The van der Waals surface area contributed by atoms with Gasteiger partial charge in [0.2, 0.25) is 0 Å². The standard InChI is InChI=1S/C22H29BrO3/c1-13-5-6-19-21(2,3)20(23)7-8-22(19,4)16(13)9-14-10-18(26)15(12-24)11-17(14)25/h10-12,16,19-20,25-26H,1,5-9H2,2-4H3/t16-,19?,20-,22+/m0/s1. The van der Waals surface area contributed by atoms with E-state index in [2.05, 4.69) is 43.3 Å². The van der Waals surface area contributed by atoms with Crippen molar-refractivity contribution in [2.45, 2.75) is 57.7 Å². The third-order valence-corrected chi connectivity index (χ3v) is 8.90. The van der Waals surface area contributed by atoms with E-state index in [1.807, 2.05) is 0 Å². The van der Waals surface area contributed by atoms with Gasteiger partial charge >= 0.3 is 0 Å². The molecule has 142 valence electrons. The van der Waals surface area contributed by atoms with Crippen LogP contribution in [0.1, 0.15) is 62.4 Å². The van der Waals surface area contributed by atoms with E-state index in [1.165, 1.54) is 11.6 Å². The zero-order valence-corrected chi connectivity index (χ0v) is 17.5. The number of rotatable bonds is 3. The summed E-state index contributed by atoms with van der Waals surface area (Å²) in [5.41, 5.74) is 2.39. The highest BCUT2D eigenvalue weighted by Crippen LogP contribution is 2.62. The summed E-state index contributed by atoms with van der Waals surface area (Å²) < 4.78 is 0. The van der Waals surface area contributed by atoms with Gasteiger partial charge in [0.25, 0.3) is 0 Å². The number of halogens is 1. The lowest BCUT2D eigenvalue weighted by Gasteiger charge is -2.59. The molecule has 0 radical (unpaired) electrons. The van der Waals surface area contributed by atoms with Crippen molar-refractivity contribution in [2.75, 3.05) is 0 Å². The van der Waals surface area contributed by atoms with E-state index >= 15 is 0 Å². The molecule has 0 spiro atoms. The van der Waals surface area contributed by atoms with E-state index in [9.17, 15) is 15.0 Å². The van der Waals surface area contributed by atoms with Crippen LogP contribution in [-0.4, -0.2) is 21.3 Å². The maximum Gasteiger partial charge on any atom is 0.153 e. The van der Waals surface area contributed by atoms with Gasteiger partial charge in [0.05, 0.1) is 5.56 Å². The van der Waals surface area contributed by atoms with Crippen LogP contribution in [-0.2, 0) is 6.42 Å². The van der Waals surface area contributed by atoms with Crippen molar-refractivity contribution in [2.24, 2.45) is 22.7 Å². The van der Waals surface area contributed by atoms with Crippen molar-refractivity contribution >= 4 is 22.2 Å². The van der Waals surface area contributed by atoms with Crippen LogP contribution in [0.15, 0.2) is 24.3 Å². The van der Waals surface area contributed by atoms with Crippen LogP contribution in [0.2, 0.25) is 0 Å². The highest BCUT2D eigenvalue weighted by molar-refractivity contribution is 9.09. The monoisotopic (exact) mass is 420 g/mol. The number of allylic oxidation sites excluding steroid dienone is 1. The Morgan fingerprint density at radius 2 is 1.92 bits per heavy atom. The highest BCUT2D eigenvalue weighted by atomic mass is 79.9. The molecular weight excluding hydrogens is 392 g/mol. The second-order valence-electron chi connectivity index (χ2n) is 9.00. The number of aromatic hydroxyl groups is 2. The quantitative estimate of drug-likeness (QED) is 0.288. The van der Waals surface area contributed by atoms with Crippen LogP contribution in [0.3, 0.4) is 0 Å². The molecule has 4 atom stereocenters. The predicted molar refractivity (Wildman–Crippen MR) is 108 cm³/mol. The predicted octanol–water partition coefficient (Wildman–Crippen LogP) is 5.63. The molecule has 0 saturated heterocycles. The minimum absolute atomic E-state index is 0.0691. The summed E-state index contributed by atoms with van der Waals surface area (Å²) in [5.74, 6) is 0.846. The lowest BCUT2D eigenvalue weighted by Crippen LogP contribution is -2.53. The van der Waals surface area contributed by atoms with Crippen LogP contribution in [0.4, 0.5) is 0 Å². The molecule has 1 aromatic rings. The largest absolute Gasteiger partial charge is 0.508 e. The topological polar surface area (TPSA) is 57.5 Å². The molecule has 0 aromatic heterocycles. The number of phenolic OH excluding ortho intramolecular Hbond substituents is 2. The maximum atomic E-state index is 11.0. The summed E-state index contributed by atoms with van der Waals surface area (Å²) in [6.07, 6.45) is 5.63. The summed E-state index contributed by atoms with van der Waals surface area (Å²) in [7, 11) is 0. The van der Waals surface area contributed by atoms with Crippen molar-refractivity contribution in [3.05, 3.63) is 35.4 Å². The third-order valence-electron chi connectivity index (χ3n) is 7.26. The van der Waals surface area contributed by atoms with Crippen molar-refractivity contribution in [3.8, 4) is 11.5 Å². The average molecular weight is 421 g/mol. The lowest BCUT2D eigenvalue weighted by atomic mass is 9.47. The Balaban J connectivity index is 1.97. The summed E-state index contributed by atoms with van der Waals surface area (Å²) in [5, 5.41) is 20.4. The highest BCUT2D eigenvalue weighted by Gasteiger charge is 2.55. The van der Waals surface area contributed by atoms with Crippen LogP contribution in [0.5, 0.6) is 11.5 Å². The van der Waals surface area contributed by atoms with Gasteiger partial charge in [-0.3, -0.25) is 4.79 Å². The smallest absolute Gasteiger partial charge is 0.153 e. The van der Waals surface area contributed by atoms with Gasteiger partial charge in [-0.05, 0) is 72.5 Å². The molecule has 3 nitrogen and oxygen atoms in total. The number of benzene rings is 1. The number of aldehydes is 1. The van der Waals surface area contributed by atoms with Crippen molar-refractivity contribution < 1.29 is 15.0 Å². The van der Waals surface area contributed by atoms with Gasteiger partial charge in [-0.1, -0.05) is 48.9 Å². The lowest BCUT2D eigenvalue weighted by molar-refractivity contribution is -0.0461. The number of hydrogen-bond donors (Lipinski definition) is 2. The van der Waals surface area contributed by atoms with Gasteiger partial charge in [-0.2, -0.15) is 0 Å². The molecule has 26 heavy (non-hydrogen) atoms. The zero-order chi connectivity index (χ0) is 19.3. The molecule has 2 fully saturated rings. The van der Waals surface area contributed by atoms with Gasteiger partial charge in [-0.15, -0.1) is 0 Å². The molecule has 2 saturated carbocycles. The van der Waals surface area contributed by atoms with Crippen molar-refractivity contribution in [1.82, 2.24) is 0 Å². The number of fused-ring (bicyclic) bond motifs is 1. The van der Waals surface area contributed by atoms with E-state index < -0.39 is 0 Å². The van der Waals surface area contributed by atoms with Crippen LogP contribution in [0, 0.1) is 22.7 Å². The first-order valence-electron chi connectivity index (χ1n) is 9.43. The Kier molecular flexibility index (Phi) is 5.02. The second-order valence-corrected chi connectivity index (χ2v) is 10.1. The van der Waals surface area contributed by atoms with Crippen molar-refractivity contribution in [1.29, 1.82) is 0 Å². The minimum Gasteiger partial charge on any atom is -0.508 e. The Bertz CT molecular complexity index is 739. The number of carbonyl (C=O) groups excluding carboxylic acids is 1. The molecule has 1 unspecified atom stereocenters. The van der Waals surface area contributed by atoms with Gasteiger partial charge in [0.1, 0.15) is 11.5 Å². The van der Waals surface area contributed by atoms with Gasteiger partial charge in [0, 0.05) is 4.83 Å². The van der Waals surface area contributed by atoms with E-state index in [1.54, 1.807) is 6.07 Å². The van der Waals surface area contributed by atoms with Crippen molar-refractivity contribution in [3.63, 3.8) is 0 Å². The van der Waals surface area contributed by atoms with E-state index in [0.717, 1.165) is 25.7 Å². The first-order valence-corrected chi connectivity index (χ1v) is 10.3. The fraction of sp³-hybridized carbons (Fsp3) is 0.591. The molecule has 0 aliphatic heterocycles. The summed E-state index contributed by atoms with van der Waals surface area (Å²) in [6, 6.07) is 2.91. The number of alkyl halides is 1. The Hall–Kier alpha value is -1.29. The SMILES string of the molecule is C=C1CCC2C(C)(C)[C@@H](Br)CC[C@]2(C)[C@H]1Cc1cc(O)c(C=O)cc1O. The third kappa shape index (κ3) is 3.00. The van der Waals surface area contributed by atoms with Gasteiger partial charge in [-0.25, -0.2) is 0 Å². The Morgan fingerprint density at radius 1 is 1.23 bits per heavy atom. The number of phenols is 2. The van der Waals surface area contributed by atoms with E-state index in [-0.39, 0.29) is 33.8 Å². The van der Waals surface area contributed by atoms with Crippen LogP contribution >= 0.6 is 15.9 Å². The average Bonchev–Trinajstić information content (AvgIpc) is 2.57. The van der Waals surface area contributed by atoms with Crippen LogP contribution in [0.25, 0.3) is 0 Å². The molecule has 4 heteroatoms. The molecule has 2 N–H and O–H groups in total. The van der Waals surface area contributed by atoms with E-state index in [4.69, 9.17) is 0 Å². The molecule has 0 bridgehead atoms. The van der Waals surface area contributed by atoms with Crippen LogP contribution < -0.4 is 0 Å². The number of hydrogen-bond acceptors (Lipinski definition) is 3. The van der Waals surface area contributed by atoms with Gasteiger partial charge < -0.3 is 10.2 Å². The molecular formula is C22H29BrO3. The minimum atomic E-state index is -0.0691. The summed E-state index contributed by atoms with van der Waals surface area (Å²) in [6.45, 7) is 11.5. The first-order chi connectivity index (χ1) is 12.1. The Morgan fingerprint density at radius 3 is 2.58 bits per heavy atom. The first kappa shape index (κ1) is 19.5. The molecule has 2 aliphatic rings. The summed E-state index contributed by atoms with van der Waals surface area (Å²) >= 11 is 3.91. The fourth-order valence-electron chi connectivity index (χ4n) is 5.63. The maximum absolute atomic E-state index is 11.0.